The number of fused-ring (bicyclic) bond motifs is 1. The highest BCUT2D eigenvalue weighted by Crippen LogP contribution is 2.27. The molecule has 29 heavy (non-hydrogen) atoms. The number of hydrogen-bond donors (Lipinski definition) is 1. The van der Waals surface area contributed by atoms with Crippen molar-refractivity contribution >= 4 is 34.2 Å². The van der Waals surface area contributed by atoms with Crippen molar-refractivity contribution in [2.75, 3.05) is 5.32 Å². The van der Waals surface area contributed by atoms with E-state index in [1.54, 1.807) is 38.1 Å². The van der Waals surface area contributed by atoms with E-state index in [0.29, 0.717) is 5.69 Å². The summed E-state index contributed by atoms with van der Waals surface area (Å²) < 4.78 is 40.7. The largest absolute Gasteiger partial charge is 0.438 e. The van der Waals surface area contributed by atoms with Crippen LogP contribution in [0.5, 0.6) is 0 Å². The number of amides is 1. The number of halogens is 4. The average Bonchev–Trinajstić information content (AvgIpc) is 2.60. The van der Waals surface area contributed by atoms with Gasteiger partial charge in [-0.15, -0.1) is 0 Å². The molecule has 0 radical (unpaired) electrons. The molecule has 0 unspecified atom stereocenters. The van der Waals surface area contributed by atoms with Gasteiger partial charge < -0.3 is 5.32 Å². The summed E-state index contributed by atoms with van der Waals surface area (Å²) in [5.74, 6) is -0.684. The Balaban J connectivity index is 2.09. The lowest BCUT2D eigenvalue weighted by molar-refractivity contribution is -0.142. The van der Waals surface area contributed by atoms with E-state index in [0.717, 1.165) is 21.3 Å². The minimum Gasteiger partial charge on any atom is -0.323 e. The zero-order chi connectivity index (χ0) is 21.5. The number of benzene rings is 2. The van der Waals surface area contributed by atoms with Gasteiger partial charge in [0, 0.05) is 0 Å². The van der Waals surface area contributed by atoms with Gasteiger partial charge in [-0.05, 0) is 61.7 Å². The summed E-state index contributed by atoms with van der Waals surface area (Å²) in [5, 5.41) is 2.81. The van der Waals surface area contributed by atoms with Gasteiger partial charge in [-0.1, -0.05) is 17.7 Å². The molecule has 3 rings (SSSR count). The minimum atomic E-state index is -4.94. The molecule has 3 aromatic rings. The minimum absolute atomic E-state index is 0.0128. The third-order valence-electron chi connectivity index (χ3n) is 4.53. The van der Waals surface area contributed by atoms with E-state index in [2.05, 4.69) is 10.3 Å². The molecule has 152 valence electrons. The van der Waals surface area contributed by atoms with E-state index in [-0.39, 0.29) is 16.1 Å². The Hall–Kier alpha value is -2.87. The van der Waals surface area contributed by atoms with E-state index in [1.807, 2.05) is 6.92 Å². The molecule has 0 saturated carbocycles. The molecule has 1 heterocycles. The van der Waals surface area contributed by atoms with Gasteiger partial charge in [0.2, 0.25) is 11.6 Å². The van der Waals surface area contributed by atoms with Crippen molar-refractivity contribution < 1.29 is 18.0 Å². The zero-order valence-electron chi connectivity index (χ0n) is 15.8. The third-order valence-corrected chi connectivity index (χ3v) is 4.84. The van der Waals surface area contributed by atoms with Crippen molar-refractivity contribution in [3.8, 4) is 0 Å². The van der Waals surface area contributed by atoms with Gasteiger partial charge in [0.1, 0.15) is 6.54 Å². The first-order valence-corrected chi connectivity index (χ1v) is 9.00. The van der Waals surface area contributed by atoms with Crippen molar-refractivity contribution in [1.82, 2.24) is 9.55 Å². The maximum absolute atomic E-state index is 13.3. The van der Waals surface area contributed by atoms with Crippen LogP contribution in [0.4, 0.5) is 18.9 Å². The molecule has 0 aliphatic heterocycles. The lowest BCUT2D eigenvalue weighted by Crippen LogP contribution is -2.34. The predicted molar refractivity (Wildman–Crippen MR) is 105 cm³/mol. The van der Waals surface area contributed by atoms with E-state index in [4.69, 9.17) is 11.6 Å². The number of aromatic nitrogens is 2. The fourth-order valence-corrected chi connectivity index (χ4v) is 3.18. The number of carbonyl (C=O) groups excluding carboxylic acids is 1. The van der Waals surface area contributed by atoms with E-state index in [9.17, 15) is 22.8 Å². The van der Waals surface area contributed by atoms with E-state index in [1.165, 1.54) is 6.07 Å². The number of rotatable bonds is 3. The Bertz CT molecular complexity index is 1190. The second-order valence-corrected chi connectivity index (χ2v) is 7.21. The highest BCUT2D eigenvalue weighted by Gasteiger charge is 2.37. The first-order chi connectivity index (χ1) is 13.5. The topological polar surface area (TPSA) is 64.0 Å². The lowest BCUT2D eigenvalue weighted by atomic mass is 10.1. The monoisotopic (exact) mass is 423 g/mol. The van der Waals surface area contributed by atoms with Crippen LogP contribution in [0.25, 0.3) is 11.0 Å². The summed E-state index contributed by atoms with van der Waals surface area (Å²) >= 11 is 6.08. The molecule has 0 saturated heterocycles. The highest BCUT2D eigenvalue weighted by molar-refractivity contribution is 6.33. The number of aryl methyl sites for hydroxylation is 3. The molecule has 0 fully saturated rings. The van der Waals surface area contributed by atoms with Crippen LogP contribution >= 0.6 is 11.6 Å². The smallest absolute Gasteiger partial charge is 0.323 e. The van der Waals surface area contributed by atoms with Crippen LogP contribution in [-0.4, -0.2) is 15.5 Å². The van der Waals surface area contributed by atoms with Crippen LogP contribution in [0.15, 0.2) is 35.1 Å². The second-order valence-electron chi connectivity index (χ2n) is 6.81. The first kappa shape index (κ1) is 20.9. The Morgan fingerprint density at radius 1 is 1.14 bits per heavy atom. The van der Waals surface area contributed by atoms with Crippen molar-refractivity contribution in [1.29, 1.82) is 0 Å². The zero-order valence-corrected chi connectivity index (χ0v) is 16.6. The van der Waals surface area contributed by atoms with Gasteiger partial charge in [0.05, 0.1) is 21.7 Å². The fourth-order valence-electron chi connectivity index (χ4n) is 2.89. The third kappa shape index (κ3) is 4.27. The molecule has 1 N–H and O–H groups in total. The van der Waals surface area contributed by atoms with Crippen LogP contribution in [0.2, 0.25) is 5.02 Å². The van der Waals surface area contributed by atoms with Crippen molar-refractivity contribution in [3.63, 3.8) is 0 Å². The highest BCUT2D eigenvalue weighted by atomic mass is 35.5. The van der Waals surface area contributed by atoms with Crippen molar-refractivity contribution in [2.45, 2.75) is 33.5 Å². The molecule has 0 aliphatic carbocycles. The summed E-state index contributed by atoms with van der Waals surface area (Å²) in [6.07, 6.45) is -4.94. The first-order valence-electron chi connectivity index (χ1n) is 8.62. The Morgan fingerprint density at radius 2 is 1.79 bits per heavy atom. The quantitative estimate of drug-likeness (QED) is 0.668. The molecular weight excluding hydrogens is 407 g/mol. The van der Waals surface area contributed by atoms with E-state index < -0.39 is 29.9 Å². The Kier molecular flexibility index (Phi) is 5.40. The van der Waals surface area contributed by atoms with Crippen LogP contribution in [-0.2, 0) is 17.5 Å². The average molecular weight is 424 g/mol. The lowest BCUT2D eigenvalue weighted by Gasteiger charge is -2.15. The molecular formula is C20H17ClF3N3O2. The van der Waals surface area contributed by atoms with Gasteiger partial charge in [-0.2, -0.15) is 13.2 Å². The fraction of sp³-hybridized carbons (Fsp3) is 0.250. The predicted octanol–water partition coefficient (Wildman–Crippen LogP) is 4.63. The molecule has 2 aromatic carbocycles. The van der Waals surface area contributed by atoms with Crippen LogP contribution < -0.4 is 10.9 Å². The molecule has 0 spiro atoms. The summed E-state index contributed by atoms with van der Waals surface area (Å²) in [6, 6.07) is 7.95. The maximum Gasteiger partial charge on any atom is 0.438 e. The SMILES string of the molecule is Cc1ccc(NC(=O)Cn2c(=O)c(C(F)(F)F)nc3cc(C)c(C)cc32)c(Cl)c1. The molecule has 0 aliphatic rings. The van der Waals surface area contributed by atoms with Crippen LogP contribution in [0.3, 0.4) is 0 Å². The van der Waals surface area contributed by atoms with Crippen molar-refractivity contribution in [3.05, 3.63) is 68.1 Å². The van der Waals surface area contributed by atoms with Crippen LogP contribution in [0, 0.1) is 20.8 Å². The molecule has 0 bridgehead atoms. The molecule has 1 aromatic heterocycles. The van der Waals surface area contributed by atoms with Gasteiger partial charge in [-0.25, -0.2) is 4.98 Å². The van der Waals surface area contributed by atoms with Gasteiger partial charge in [-0.3, -0.25) is 14.2 Å². The summed E-state index contributed by atoms with van der Waals surface area (Å²) in [7, 11) is 0. The number of carbonyl (C=O) groups is 1. The van der Waals surface area contributed by atoms with E-state index >= 15 is 0 Å². The Labute approximate surface area is 169 Å². The van der Waals surface area contributed by atoms with Gasteiger partial charge >= 0.3 is 6.18 Å². The maximum atomic E-state index is 13.3. The number of anilines is 1. The summed E-state index contributed by atoms with van der Waals surface area (Å²) in [4.78, 5) is 28.5. The number of hydrogen-bond acceptors (Lipinski definition) is 3. The summed E-state index contributed by atoms with van der Waals surface area (Å²) in [5.41, 5.74) is -0.138. The number of nitrogens with zero attached hydrogens (tertiary/aromatic N) is 2. The molecule has 9 heteroatoms. The molecule has 1 amide bonds. The standard InChI is InChI=1S/C20H17ClF3N3O2/c1-10-4-5-14(13(21)6-10)25-17(28)9-27-16-8-12(3)11(2)7-15(16)26-18(19(27)29)20(22,23)24/h4-8H,9H2,1-3H3,(H,25,28). The van der Waals surface area contributed by atoms with Gasteiger partial charge in [0.25, 0.3) is 5.56 Å². The van der Waals surface area contributed by atoms with Gasteiger partial charge in [0.15, 0.2) is 0 Å². The second kappa shape index (κ2) is 7.51. The number of alkyl halides is 3. The molecule has 5 nitrogen and oxygen atoms in total. The summed E-state index contributed by atoms with van der Waals surface area (Å²) in [6.45, 7) is 4.69. The van der Waals surface area contributed by atoms with Crippen LogP contribution in [0.1, 0.15) is 22.4 Å². The number of nitrogens with one attached hydrogen (secondary N) is 1. The Morgan fingerprint density at radius 3 is 2.41 bits per heavy atom. The normalized spacial score (nSPS) is 11.7. The molecule has 0 atom stereocenters. The van der Waals surface area contributed by atoms with Crippen molar-refractivity contribution in [2.24, 2.45) is 0 Å².